The van der Waals surface area contributed by atoms with E-state index in [-0.39, 0.29) is 31.2 Å². The number of carbonyl (C=O) groups is 1. The molecule has 10 heteroatoms. The third kappa shape index (κ3) is 5.00. The first-order valence-corrected chi connectivity index (χ1v) is 11.2. The van der Waals surface area contributed by atoms with E-state index in [9.17, 15) is 9.59 Å². The fraction of sp³-hybridized carbons (Fsp3) is 0.174. The predicted octanol–water partition coefficient (Wildman–Crippen LogP) is 3.26. The highest BCUT2D eigenvalue weighted by Crippen LogP contribution is 2.32. The summed E-state index contributed by atoms with van der Waals surface area (Å²) >= 11 is 7.34. The van der Waals surface area contributed by atoms with Gasteiger partial charge in [-0.2, -0.15) is 0 Å². The van der Waals surface area contributed by atoms with E-state index in [2.05, 4.69) is 10.3 Å². The molecule has 0 bridgehead atoms. The molecule has 0 saturated heterocycles. The SMILES string of the molecule is COc1cc(-n2cnc3cc(-c4ccc(Cl)cc4)sc3c2=O)ccc1OCC(=O)NCCO. The second kappa shape index (κ2) is 10.0. The number of carbonyl (C=O) groups excluding carboxylic acids is 1. The van der Waals surface area contributed by atoms with E-state index in [1.807, 2.05) is 18.2 Å². The normalized spacial score (nSPS) is 10.9. The van der Waals surface area contributed by atoms with Gasteiger partial charge in [-0.3, -0.25) is 14.2 Å². The number of hydrogen-bond donors (Lipinski definition) is 2. The highest BCUT2D eigenvalue weighted by Gasteiger charge is 2.14. The third-order valence-electron chi connectivity index (χ3n) is 4.78. The maximum absolute atomic E-state index is 13.2. The van der Waals surface area contributed by atoms with Crippen LogP contribution in [0.15, 0.2) is 59.7 Å². The minimum absolute atomic E-state index is 0.150. The summed E-state index contributed by atoms with van der Waals surface area (Å²) in [6, 6.07) is 14.2. The molecule has 2 heterocycles. The maximum atomic E-state index is 13.2. The summed E-state index contributed by atoms with van der Waals surface area (Å²) < 4.78 is 12.9. The number of benzene rings is 2. The van der Waals surface area contributed by atoms with Crippen LogP contribution in [0.3, 0.4) is 0 Å². The Morgan fingerprint density at radius 1 is 1.18 bits per heavy atom. The number of halogens is 1. The zero-order chi connectivity index (χ0) is 23.4. The van der Waals surface area contributed by atoms with Crippen LogP contribution < -0.4 is 20.3 Å². The van der Waals surface area contributed by atoms with Crippen LogP contribution in [0, 0.1) is 0 Å². The van der Waals surface area contributed by atoms with Gasteiger partial charge in [0.05, 0.1) is 24.9 Å². The Morgan fingerprint density at radius 3 is 2.70 bits per heavy atom. The number of hydrogen-bond acceptors (Lipinski definition) is 7. The molecule has 2 aromatic carbocycles. The summed E-state index contributed by atoms with van der Waals surface area (Å²) in [4.78, 5) is 30.3. The minimum atomic E-state index is -0.366. The number of aliphatic hydroxyl groups excluding tert-OH is 1. The van der Waals surface area contributed by atoms with Gasteiger partial charge in [0.1, 0.15) is 11.0 Å². The lowest BCUT2D eigenvalue weighted by Gasteiger charge is -2.13. The molecule has 4 rings (SSSR count). The van der Waals surface area contributed by atoms with Crippen LogP contribution in [0.5, 0.6) is 11.5 Å². The number of methoxy groups -OCH3 is 1. The summed E-state index contributed by atoms with van der Waals surface area (Å²) in [7, 11) is 1.47. The zero-order valence-electron chi connectivity index (χ0n) is 17.6. The van der Waals surface area contributed by atoms with Gasteiger partial charge in [-0.1, -0.05) is 23.7 Å². The summed E-state index contributed by atoms with van der Waals surface area (Å²) in [5.41, 5.74) is 1.92. The maximum Gasteiger partial charge on any atom is 0.275 e. The largest absolute Gasteiger partial charge is 0.493 e. The van der Waals surface area contributed by atoms with Crippen molar-refractivity contribution < 1.29 is 19.4 Å². The molecule has 0 atom stereocenters. The molecular formula is C23H20ClN3O5S. The molecule has 0 aliphatic heterocycles. The van der Waals surface area contributed by atoms with Crippen LogP contribution in [0.1, 0.15) is 0 Å². The Kier molecular flexibility index (Phi) is 6.93. The van der Waals surface area contributed by atoms with Crippen molar-refractivity contribution in [3.63, 3.8) is 0 Å². The minimum Gasteiger partial charge on any atom is -0.493 e. The molecule has 0 spiro atoms. The lowest BCUT2D eigenvalue weighted by atomic mass is 10.2. The first-order valence-electron chi connectivity index (χ1n) is 9.96. The molecular weight excluding hydrogens is 466 g/mol. The number of ether oxygens (including phenoxy) is 2. The van der Waals surface area contributed by atoms with Crippen molar-refractivity contribution in [1.82, 2.24) is 14.9 Å². The molecule has 33 heavy (non-hydrogen) atoms. The highest BCUT2D eigenvalue weighted by molar-refractivity contribution is 7.22. The van der Waals surface area contributed by atoms with Gasteiger partial charge in [0, 0.05) is 22.5 Å². The van der Waals surface area contributed by atoms with Crippen molar-refractivity contribution in [2.24, 2.45) is 0 Å². The smallest absolute Gasteiger partial charge is 0.275 e. The van der Waals surface area contributed by atoms with Crippen molar-refractivity contribution >= 4 is 39.1 Å². The van der Waals surface area contributed by atoms with Gasteiger partial charge in [0.2, 0.25) is 0 Å². The molecule has 0 aliphatic rings. The lowest BCUT2D eigenvalue weighted by molar-refractivity contribution is -0.123. The molecule has 2 aromatic heterocycles. The first-order chi connectivity index (χ1) is 16.0. The molecule has 2 N–H and O–H groups in total. The topological polar surface area (TPSA) is 103 Å². The highest BCUT2D eigenvalue weighted by atomic mass is 35.5. The zero-order valence-corrected chi connectivity index (χ0v) is 19.2. The van der Waals surface area contributed by atoms with Gasteiger partial charge in [-0.05, 0) is 35.9 Å². The number of amides is 1. The molecule has 0 unspecified atom stereocenters. The van der Waals surface area contributed by atoms with E-state index in [0.29, 0.717) is 32.4 Å². The van der Waals surface area contributed by atoms with Crippen molar-refractivity contribution in [1.29, 1.82) is 0 Å². The second-order valence-electron chi connectivity index (χ2n) is 6.95. The molecule has 4 aromatic rings. The number of thiophene rings is 1. The molecule has 170 valence electrons. The summed E-state index contributed by atoms with van der Waals surface area (Å²) in [5, 5.41) is 11.9. The van der Waals surface area contributed by atoms with E-state index < -0.39 is 0 Å². The van der Waals surface area contributed by atoms with Crippen molar-refractivity contribution in [3.05, 3.63) is 70.2 Å². The van der Waals surface area contributed by atoms with E-state index in [4.69, 9.17) is 26.2 Å². The van der Waals surface area contributed by atoms with Crippen molar-refractivity contribution in [3.8, 4) is 27.6 Å². The number of fused-ring (bicyclic) bond motifs is 1. The molecule has 0 saturated carbocycles. The van der Waals surface area contributed by atoms with Gasteiger partial charge < -0.3 is 19.9 Å². The first kappa shape index (κ1) is 22.8. The van der Waals surface area contributed by atoms with E-state index in [0.717, 1.165) is 10.4 Å². The Balaban J connectivity index is 1.63. The van der Waals surface area contributed by atoms with Gasteiger partial charge in [-0.25, -0.2) is 4.98 Å². The van der Waals surface area contributed by atoms with Crippen molar-refractivity contribution in [2.75, 3.05) is 26.9 Å². The Hall–Kier alpha value is -3.40. The van der Waals surface area contributed by atoms with Crippen LogP contribution >= 0.6 is 22.9 Å². The molecule has 0 aliphatic carbocycles. The number of rotatable bonds is 8. The van der Waals surface area contributed by atoms with E-state index in [1.165, 1.54) is 29.3 Å². The van der Waals surface area contributed by atoms with Crippen LogP contribution in [-0.4, -0.2) is 47.4 Å². The Labute approximate surface area is 198 Å². The number of aromatic nitrogens is 2. The van der Waals surface area contributed by atoms with Crippen LogP contribution in [0.25, 0.3) is 26.3 Å². The molecule has 0 radical (unpaired) electrons. The number of nitrogens with zero attached hydrogens (tertiary/aromatic N) is 2. The molecule has 0 fully saturated rings. The molecule has 1 amide bonds. The van der Waals surface area contributed by atoms with Crippen LogP contribution in [0.2, 0.25) is 5.02 Å². The monoisotopic (exact) mass is 485 g/mol. The average Bonchev–Trinajstić information content (AvgIpc) is 3.27. The summed E-state index contributed by atoms with van der Waals surface area (Å²) in [5.74, 6) is 0.348. The van der Waals surface area contributed by atoms with Gasteiger partial charge >= 0.3 is 0 Å². The quantitative estimate of drug-likeness (QED) is 0.397. The van der Waals surface area contributed by atoms with E-state index in [1.54, 1.807) is 30.3 Å². The van der Waals surface area contributed by atoms with Gasteiger partial charge in [-0.15, -0.1) is 11.3 Å². The van der Waals surface area contributed by atoms with Crippen LogP contribution in [-0.2, 0) is 4.79 Å². The lowest BCUT2D eigenvalue weighted by Crippen LogP contribution is -2.31. The standard InChI is InChI=1S/C23H20ClN3O5S/c1-31-19-10-16(6-7-18(19)32-12-21(29)25-8-9-28)27-13-26-17-11-20(33-22(17)23(27)30)14-2-4-15(24)5-3-14/h2-7,10-11,13,28H,8-9,12H2,1H3,(H,25,29). The Morgan fingerprint density at radius 2 is 1.97 bits per heavy atom. The van der Waals surface area contributed by atoms with Gasteiger partial charge in [0.15, 0.2) is 18.1 Å². The Bertz CT molecular complexity index is 1350. The molecule has 8 nitrogen and oxygen atoms in total. The fourth-order valence-corrected chi connectivity index (χ4v) is 4.34. The average molecular weight is 486 g/mol. The predicted molar refractivity (Wildman–Crippen MR) is 128 cm³/mol. The van der Waals surface area contributed by atoms with E-state index >= 15 is 0 Å². The summed E-state index contributed by atoms with van der Waals surface area (Å²) in [6.45, 7) is -0.229. The third-order valence-corrected chi connectivity index (χ3v) is 6.20. The number of aliphatic hydroxyl groups is 1. The van der Waals surface area contributed by atoms with Crippen molar-refractivity contribution in [2.45, 2.75) is 0 Å². The number of nitrogens with one attached hydrogen (secondary N) is 1. The second-order valence-corrected chi connectivity index (χ2v) is 8.44. The van der Waals surface area contributed by atoms with Gasteiger partial charge in [0.25, 0.3) is 11.5 Å². The fourth-order valence-electron chi connectivity index (χ4n) is 3.17. The van der Waals surface area contributed by atoms with Crippen LogP contribution in [0.4, 0.5) is 0 Å². The summed E-state index contributed by atoms with van der Waals surface area (Å²) in [6.07, 6.45) is 1.47.